The predicted molar refractivity (Wildman–Crippen MR) is 348 cm³/mol. The van der Waals surface area contributed by atoms with Gasteiger partial charge < -0.3 is 54.1 Å². The monoisotopic (exact) mass is 1270 g/mol. The lowest BCUT2D eigenvalue weighted by Gasteiger charge is -2.39. The molecule has 8 atom stereocenters. The first kappa shape index (κ1) is 72.4. The molecule has 2 fully saturated rings. The van der Waals surface area contributed by atoms with Gasteiger partial charge in [0.15, 0.2) is 5.76 Å². The van der Waals surface area contributed by atoms with Gasteiger partial charge in [-0.3, -0.25) is 38.4 Å². The van der Waals surface area contributed by atoms with Crippen LogP contribution in [0.5, 0.6) is 0 Å². The molecule has 0 saturated carbocycles. The summed E-state index contributed by atoms with van der Waals surface area (Å²) in [7, 11) is 7.72. The molecule has 3 unspecified atom stereocenters. The third-order valence-electron chi connectivity index (χ3n) is 17.6. The molecule has 7 amide bonds. The van der Waals surface area contributed by atoms with Crippen molar-refractivity contribution in [2.24, 2.45) is 23.2 Å². The molecule has 6 rings (SSSR count). The van der Waals surface area contributed by atoms with Crippen molar-refractivity contribution in [3.63, 3.8) is 0 Å². The molecule has 0 spiro atoms. The van der Waals surface area contributed by atoms with E-state index in [1.807, 2.05) is 69.3 Å². The average Bonchev–Trinajstić information content (AvgIpc) is 2.47. The van der Waals surface area contributed by atoms with E-state index in [1.165, 1.54) is 71.8 Å². The molecule has 1 aliphatic carbocycles. The maximum Gasteiger partial charge on any atom is 0.330 e. The molecule has 92 heavy (non-hydrogen) atoms. The van der Waals surface area contributed by atoms with E-state index in [0.717, 1.165) is 5.56 Å². The number of nitrogens with zero attached hydrogens (tertiary/aromatic N) is 5. The van der Waals surface area contributed by atoms with Crippen LogP contribution < -0.4 is 10.6 Å². The second-order valence-electron chi connectivity index (χ2n) is 25.4. The van der Waals surface area contributed by atoms with E-state index in [9.17, 15) is 38.4 Å². The first-order valence-corrected chi connectivity index (χ1v) is 32.0. The Kier molecular flexibility index (Phi) is 26.9. The minimum atomic E-state index is -1.51. The highest BCUT2D eigenvalue weighted by Gasteiger charge is 2.46. The number of nitrogens with one attached hydrogen (secondary N) is 2. The van der Waals surface area contributed by atoms with Gasteiger partial charge in [0, 0.05) is 77.7 Å². The SMILES string of the molecule is C=C(/C=C\C(OC)=C(/C)OC)CC[C@H]1OC(=O)[C@@H]2CCCCN2C(=O)C(=O)C(C)(C)COC(=O)C=CCCN(C)C(=O)C(CC(C)C)N(C)C(=O)[C@H]2CCCN2C(=O)[C@H](Cc2ccccc2)N(C)C(=O)[C@H](C2C=CC=CC2C)NC(=O)CCC(=O)Nc2cccc1c2. The number of hydrogen-bond acceptors (Lipinski definition) is 14. The highest BCUT2D eigenvalue weighted by Crippen LogP contribution is 2.33. The quantitative estimate of drug-likeness (QED) is 0.0882. The van der Waals surface area contributed by atoms with Crippen LogP contribution in [0.2, 0.25) is 0 Å². The van der Waals surface area contributed by atoms with E-state index >= 15 is 9.59 Å². The van der Waals surface area contributed by atoms with Crippen molar-refractivity contribution in [2.45, 2.75) is 155 Å². The number of esters is 2. The Balaban J connectivity index is 1.34. The number of hydrogen-bond donors (Lipinski definition) is 2. The molecule has 0 aromatic heterocycles. The van der Waals surface area contributed by atoms with Crippen LogP contribution >= 0.6 is 0 Å². The summed E-state index contributed by atoms with van der Waals surface area (Å²) < 4.78 is 22.6. The molecule has 3 heterocycles. The van der Waals surface area contributed by atoms with E-state index < -0.39 is 107 Å². The van der Waals surface area contributed by atoms with Crippen LogP contribution in [0.3, 0.4) is 0 Å². The summed E-state index contributed by atoms with van der Waals surface area (Å²) in [4.78, 5) is 151. The number of likely N-dealkylation sites (N-methyl/N-ethyl adjacent to an activating group) is 3. The number of Topliss-reactive ketones (excluding diaryl/α,β-unsaturated/α-hetero) is 1. The van der Waals surface area contributed by atoms with Gasteiger partial charge in [-0.25, -0.2) is 9.59 Å². The molecule has 21 nitrogen and oxygen atoms in total. The van der Waals surface area contributed by atoms with Gasteiger partial charge in [0.2, 0.25) is 41.2 Å². The number of amides is 7. The molecular weight excluding hydrogens is 1170 g/mol. The number of anilines is 1. The van der Waals surface area contributed by atoms with Gasteiger partial charge in [-0.15, -0.1) is 0 Å². The van der Waals surface area contributed by atoms with Crippen molar-refractivity contribution < 1.29 is 66.9 Å². The summed E-state index contributed by atoms with van der Waals surface area (Å²) in [6, 6.07) is 10.5. The van der Waals surface area contributed by atoms with Crippen molar-refractivity contribution in [3.05, 3.63) is 138 Å². The lowest BCUT2D eigenvalue weighted by molar-refractivity contribution is -0.165. The smallest absolute Gasteiger partial charge is 0.330 e. The number of ketones is 1. The maximum atomic E-state index is 15.3. The minimum Gasteiger partial charge on any atom is -0.498 e. The van der Waals surface area contributed by atoms with Crippen molar-refractivity contribution in [2.75, 3.05) is 66.9 Å². The number of piperidine rings is 1. The van der Waals surface area contributed by atoms with Crippen LogP contribution in [0.4, 0.5) is 5.69 Å². The van der Waals surface area contributed by atoms with Crippen LogP contribution in [-0.4, -0.2) is 175 Å². The molecule has 2 bridgehead atoms. The summed E-state index contributed by atoms with van der Waals surface area (Å²) in [6.45, 7) is 14.7. The van der Waals surface area contributed by atoms with Crippen LogP contribution in [0.15, 0.2) is 127 Å². The molecule has 3 aliphatic heterocycles. The van der Waals surface area contributed by atoms with Crippen molar-refractivity contribution in [3.8, 4) is 0 Å². The van der Waals surface area contributed by atoms with Crippen molar-refractivity contribution in [1.29, 1.82) is 0 Å². The second-order valence-corrected chi connectivity index (χ2v) is 25.4. The Labute approximate surface area is 542 Å². The zero-order chi connectivity index (χ0) is 67.4. The Morgan fingerprint density at radius 2 is 1.45 bits per heavy atom. The highest BCUT2D eigenvalue weighted by molar-refractivity contribution is 6.38. The van der Waals surface area contributed by atoms with E-state index in [-0.39, 0.29) is 75.9 Å². The number of benzene rings is 2. The highest BCUT2D eigenvalue weighted by atomic mass is 16.5. The van der Waals surface area contributed by atoms with E-state index in [1.54, 1.807) is 63.5 Å². The number of carbonyl (C=O) groups is 10. The lowest BCUT2D eigenvalue weighted by atomic mass is 9.83. The molecule has 21 heteroatoms. The Morgan fingerprint density at radius 1 is 0.761 bits per heavy atom. The first-order valence-electron chi connectivity index (χ1n) is 32.0. The molecule has 4 aliphatic rings. The Bertz CT molecular complexity index is 3170. The summed E-state index contributed by atoms with van der Waals surface area (Å²) in [5.74, 6) is -6.12. The zero-order valence-electron chi connectivity index (χ0n) is 55.5. The maximum absolute atomic E-state index is 15.3. The molecule has 498 valence electrons. The van der Waals surface area contributed by atoms with Crippen LogP contribution in [-0.2, 0) is 73.3 Å². The average molecular weight is 1270 g/mol. The molecule has 2 aromatic carbocycles. The van der Waals surface area contributed by atoms with Crippen LogP contribution in [0.1, 0.15) is 129 Å². The largest absolute Gasteiger partial charge is 0.498 e. The van der Waals surface area contributed by atoms with Gasteiger partial charge >= 0.3 is 11.9 Å². The fourth-order valence-electron chi connectivity index (χ4n) is 11.9. The summed E-state index contributed by atoms with van der Waals surface area (Å²) in [5.41, 5.74) is 0.684. The fraction of sp³-hybridized carbons (Fsp3) is 0.521. The third kappa shape index (κ3) is 19.7. The Hall–Kier alpha value is -8.62. The summed E-state index contributed by atoms with van der Waals surface area (Å²) >= 11 is 0. The van der Waals surface area contributed by atoms with Crippen molar-refractivity contribution in [1.82, 2.24) is 29.8 Å². The normalized spacial score (nSPS) is 25.5. The number of carbonyl (C=O) groups excluding carboxylic acids is 10. The van der Waals surface area contributed by atoms with E-state index in [4.69, 9.17) is 18.9 Å². The summed E-state index contributed by atoms with van der Waals surface area (Å²) in [5, 5.41) is 5.80. The number of ether oxygens (including phenoxy) is 4. The van der Waals surface area contributed by atoms with Crippen LogP contribution in [0, 0.1) is 23.2 Å². The lowest BCUT2D eigenvalue weighted by Crippen LogP contribution is -2.60. The number of rotatable bonds is 12. The molecular formula is C71H95N7O14. The Morgan fingerprint density at radius 3 is 2.14 bits per heavy atom. The second kappa shape index (κ2) is 34.2. The van der Waals surface area contributed by atoms with Gasteiger partial charge in [-0.2, -0.15) is 0 Å². The minimum absolute atomic E-state index is 0.0261. The van der Waals surface area contributed by atoms with E-state index in [2.05, 4.69) is 17.2 Å². The zero-order valence-corrected chi connectivity index (χ0v) is 55.5. The van der Waals surface area contributed by atoms with Gasteiger partial charge in [0.05, 0.1) is 19.6 Å². The topological polar surface area (TPSA) is 248 Å². The van der Waals surface area contributed by atoms with Gasteiger partial charge in [-0.1, -0.05) is 112 Å². The fourth-order valence-corrected chi connectivity index (χ4v) is 11.9. The first-order chi connectivity index (χ1) is 43.8. The standard InChI is InChI=1S/C71H95N7O14/c1-46(2)42-56-65(83)74(8)39-20-19-32-62(81)91-45-71(6,7)64(82)69(87)78-40-21-18-30-55(78)70(88)92-59(36-34-47(3)33-35-58(90-12)49(5)89-11)51-27-22-28-52(44-51)72-60(79)37-38-61(80)73-63(53-29-17-16-24-48(53)4)68(86)76(10)57(43-50-25-14-13-15-26-50)67(85)77-41-23-31-54(77)66(84)75(56)9/h13-17,19,22,24-29,32-33,35,44,46,48,53-57,59,63H,3,18,20-21,23,30-31,34,36-43,45H2,1-2,4-12H3,(H,72,79)(H,73,80)/b32-19?,35-33-,58-49-/t48?,53?,54-,55+,56?,57+,59-,63+/m1/s1. The van der Waals surface area contributed by atoms with Gasteiger partial charge in [-0.05, 0) is 120 Å². The van der Waals surface area contributed by atoms with Crippen LogP contribution in [0.25, 0.3) is 0 Å². The van der Waals surface area contributed by atoms with Gasteiger partial charge in [0.25, 0.3) is 5.91 Å². The predicted octanol–water partition coefficient (Wildman–Crippen LogP) is 8.14. The summed E-state index contributed by atoms with van der Waals surface area (Å²) in [6.07, 6.45) is 15.1. The van der Waals surface area contributed by atoms with Gasteiger partial charge in [0.1, 0.15) is 48.7 Å². The van der Waals surface area contributed by atoms with E-state index in [0.29, 0.717) is 66.9 Å². The number of cyclic esters (lactones) is 2. The number of allylic oxidation sites excluding steroid dienone is 7. The molecule has 2 N–H and O–H groups in total. The number of methoxy groups -OCH3 is 2. The van der Waals surface area contributed by atoms with Crippen molar-refractivity contribution >= 4 is 64.8 Å². The number of fused-ring (bicyclic) bond motifs is 4. The third-order valence-corrected chi connectivity index (χ3v) is 17.6. The molecule has 0 radical (unpaired) electrons. The molecule has 2 saturated heterocycles. The molecule has 2 aromatic rings.